The van der Waals surface area contributed by atoms with Crippen molar-refractivity contribution in [3.63, 3.8) is 0 Å². The third-order valence-electron chi connectivity index (χ3n) is 7.21. The Kier molecular flexibility index (Phi) is 7.10. The Bertz CT molecular complexity index is 1860. The molecule has 0 unspecified atom stereocenters. The maximum Gasteiger partial charge on any atom is 0.0492 e. The van der Waals surface area contributed by atoms with Gasteiger partial charge in [-0.1, -0.05) is 78.3 Å². The van der Waals surface area contributed by atoms with Crippen LogP contribution in [0.5, 0.6) is 0 Å². The SMILES string of the molecule is CCCn1c2ccccc2c2cc(-c3cccs3)ccc21.CCCn1c2ccccc2c2cc(Br)ccc21. The molecule has 0 fully saturated rings. The van der Waals surface area contributed by atoms with E-state index in [2.05, 4.69) is 141 Å². The Morgan fingerprint density at radius 2 is 1.13 bits per heavy atom. The number of para-hydroxylation sites is 2. The fourth-order valence-corrected chi connectivity index (χ4v) is 6.69. The Labute approximate surface area is 236 Å². The van der Waals surface area contributed by atoms with Gasteiger partial charge in [0, 0.05) is 66.1 Å². The number of halogens is 1. The summed E-state index contributed by atoms with van der Waals surface area (Å²) in [6.07, 6.45) is 2.31. The van der Waals surface area contributed by atoms with Gasteiger partial charge in [-0.25, -0.2) is 0 Å². The molecule has 0 atom stereocenters. The molecule has 38 heavy (non-hydrogen) atoms. The molecule has 0 spiro atoms. The summed E-state index contributed by atoms with van der Waals surface area (Å²) in [6, 6.07) is 35.1. The van der Waals surface area contributed by atoms with Crippen LogP contribution >= 0.6 is 27.3 Å². The van der Waals surface area contributed by atoms with Crippen LogP contribution in [-0.2, 0) is 13.1 Å². The van der Waals surface area contributed by atoms with Crippen molar-refractivity contribution in [2.45, 2.75) is 39.8 Å². The lowest BCUT2D eigenvalue weighted by Crippen LogP contribution is -1.95. The summed E-state index contributed by atoms with van der Waals surface area (Å²) in [4.78, 5) is 1.34. The summed E-state index contributed by atoms with van der Waals surface area (Å²) >= 11 is 5.36. The van der Waals surface area contributed by atoms with Gasteiger partial charge in [-0.2, -0.15) is 0 Å². The van der Waals surface area contributed by atoms with E-state index in [4.69, 9.17) is 0 Å². The van der Waals surface area contributed by atoms with Crippen LogP contribution in [0.4, 0.5) is 0 Å². The predicted octanol–water partition coefficient (Wildman–Crippen LogP) is 10.9. The van der Waals surface area contributed by atoms with Crippen LogP contribution in [0, 0.1) is 0 Å². The van der Waals surface area contributed by atoms with E-state index in [1.807, 2.05) is 0 Å². The molecule has 4 aromatic carbocycles. The van der Waals surface area contributed by atoms with Gasteiger partial charge < -0.3 is 9.13 Å². The van der Waals surface area contributed by atoms with E-state index in [1.165, 1.54) is 54.1 Å². The first-order valence-corrected chi connectivity index (χ1v) is 15.1. The lowest BCUT2D eigenvalue weighted by atomic mass is 10.1. The molecule has 7 aromatic rings. The quantitative estimate of drug-likeness (QED) is 0.192. The van der Waals surface area contributed by atoms with Crippen molar-refractivity contribution in [2.24, 2.45) is 0 Å². The highest BCUT2D eigenvalue weighted by Gasteiger charge is 2.11. The van der Waals surface area contributed by atoms with Crippen molar-refractivity contribution in [3.8, 4) is 10.4 Å². The van der Waals surface area contributed by atoms with Gasteiger partial charge >= 0.3 is 0 Å². The van der Waals surface area contributed by atoms with Crippen molar-refractivity contribution in [3.05, 3.63) is 107 Å². The zero-order valence-corrected chi connectivity index (χ0v) is 24.2. The monoisotopic (exact) mass is 578 g/mol. The van der Waals surface area contributed by atoms with Crippen LogP contribution < -0.4 is 0 Å². The zero-order chi connectivity index (χ0) is 26.1. The molecule has 190 valence electrons. The Hall–Kier alpha value is -3.34. The second-order valence-corrected chi connectivity index (χ2v) is 11.6. The molecule has 0 aliphatic carbocycles. The van der Waals surface area contributed by atoms with Gasteiger partial charge in [0.1, 0.15) is 0 Å². The number of thiophene rings is 1. The number of nitrogens with zero attached hydrogens (tertiary/aromatic N) is 2. The minimum absolute atomic E-state index is 1.07. The number of hydrogen-bond acceptors (Lipinski definition) is 1. The molecule has 0 bridgehead atoms. The van der Waals surface area contributed by atoms with Crippen molar-refractivity contribution >= 4 is 70.9 Å². The summed E-state index contributed by atoms with van der Waals surface area (Å²) < 4.78 is 6.00. The number of rotatable bonds is 5. The second-order valence-electron chi connectivity index (χ2n) is 9.71. The van der Waals surface area contributed by atoms with Crippen LogP contribution in [0.3, 0.4) is 0 Å². The van der Waals surface area contributed by atoms with Gasteiger partial charge in [0.2, 0.25) is 0 Å². The van der Waals surface area contributed by atoms with E-state index in [9.17, 15) is 0 Å². The first kappa shape index (κ1) is 25.0. The van der Waals surface area contributed by atoms with Gasteiger partial charge in [0.25, 0.3) is 0 Å². The fourth-order valence-electron chi connectivity index (χ4n) is 5.60. The lowest BCUT2D eigenvalue weighted by molar-refractivity contribution is 0.724. The van der Waals surface area contributed by atoms with Gasteiger partial charge in [-0.15, -0.1) is 11.3 Å². The molecular formula is C34H31BrN2S. The summed E-state index contributed by atoms with van der Waals surface area (Å²) in [5.74, 6) is 0. The Morgan fingerprint density at radius 1 is 0.579 bits per heavy atom. The van der Waals surface area contributed by atoms with Crippen LogP contribution in [0.2, 0.25) is 0 Å². The highest BCUT2D eigenvalue weighted by Crippen LogP contribution is 2.34. The lowest BCUT2D eigenvalue weighted by Gasteiger charge is -2.05. The maximum absolute atomic E-state index is 3.56. The second kappa shape index (κ2) is 10.8. The molecule has 0 aliphatic rings. The Morgan fingerprint density at radius 3 is 1.71 bits per heavy atom. The van der Waals surface area contributed by atoms with Crippen molar-refractivity contribution < 1.29 is 0 Å². The van der Waals surface area contributed by atoms with Crippen LogP contribution in [0.25, 0.3) is 54.1 Å². The summed E-state index contributed by atoms with van der Waals surface area (Å²) in [6.45, 7) is 6.61. The summed E-state index contributed by atoms with van der Waals surface area (Å²) in [5.41, 5.74) is 6.67. The number of fused-ring (bicyclic) bond motifs is 6. The van der Waals surface area contributed by atoms with E-state index in [-0.39, 0.29) is 0 Å². The number of benzene rings is 4. The van der Waals surface area contributed by atoms with Crippen LogP contribution in [0.15, 0.2) is 107 Å². The van der Waals surface area contributed by atoms with Crippen molar-refractivity contribution in [1.29, 1.82) is 0 Å². The Balaban J connectivity index is 0.000000142. The van der Waals surface area contributed by atoms with E-state index in [0.29, 0.717) is 0 Å². The molecule has 3 aromatic heterocycles. The number of aromatic nitrogens is 2. The first-order valence-electron chi connectivity index (χ1n) is 13.4. The van der Waals surface area contributed by atoms with Crippen molar-refractivity contribution in [2.75, 3.05) is 0 Å². The van der Waals surface area contributed by atoms with E-state index in [0.717, 1.165) is 30.4 Å². The molecule has 2 nitrogen and oxygen atoms in total. The fraction of sp³-hybridized carbons (Fsp3) is 0.176. The molecule has 0 aliphatic heterocycles. The largest absolute Gasteiger partial charge is 0.340 e. The van der Waals surface area contributed by atoms with Gasteiger partial charge in [0.05, 0.1) is 0 Å². The summed E-state index contributed by atoms with van der Waals surface area (Å²) in [7, 11) is 0. The molecule has 0 amide bonds. The van der Waals surface area contributed by atoms with Gasteiger partial charge in [-0.05, 0) is 72.3 Å². The standard InChI is InChI=1S/C19H17NS.C15H14BrN/c1-2-11-20-17-7-4-3-6-15(17)16-13-14(9-10-18(16)20)19-8-5-12-21-19;1-2-9-17-14-6-4-3-5-12(14)13-10-11(16)7-8-15(13)17/h3-10,12-13H,2,11H2,1H3;3-8,10H,2,9H2,1H3. The smallest absolute Gasteiger partial charge is 0.0492 e. The average molecular weight is 580 g/mol. The molecular weight excluding hydrogens is 548 g/mol. The highest BCUT2D eigenvalue weighted by molar-refractivity contribution is 9.10. The molecule has 0 radical (unpaired) electrons. The number of aryl methyl sites for hydroxylation is 2. The van der Waals surface area contributed by atoms with Crippen molar-refractivity contribution in [1.82, 2.24) is 9.13 Å². The molecule has 7 rings (SSSR count). The first-order chi connectivity index (χ1) is 18.7. The highest BCUT2D eigenvalue weighted by atomic mass is 79.9. The molecule has 3 heterocycles. The zero-order valence-electron chi connectivity index (χ0n) is 21.8. The molecule has 0 saturated carbocycles. The topological polar surface area (TPSA) is 9.86 Å². The van der Waals surface area contributed by atoms with Crippen LogP contribution in [0.1, 0.15) is 26.7 Å². The van der Waals surface area contributed by atoms with Gasteiger partial charge in [0.15, 0.2) is 0 Å². The number of hydrogen-bond donors (Lipinski definition) is 0. The summed E-state index contributed by atoms with van der Waals surface area (Å²) in [5, 5.41) is 7.55. The predicted molar refractivity (Wildman–Crippen MR) is 170 cm³/mol. The average Bonchev–Trinajstić information content (AvgIpc) is 3.67. The minimum Gasteiger partial charge on any atom is -0.340 e. The van der Waals surface area contributed by atoms with E-state index in [1.54, 1.807) is 11.3 Å². The van der Waals surface area contributed by atoms with E-state index >= 15 is 0 Å². The third kappa shape index (κ3) is 4.46. The van der Waals surface area contributed by atoms with E-state index < -0.39 is 0 Å². The molecule has 0 N–H and O–H groups in total. The van der Waals surface area contributed by atoms with Gasteiger partial charge in [-0.3, -0.25) is 0 Å². The molecule has 0 saturated heterocycles. The molecule has 4 heteroatoms. The van der Waals surface area contributed by atoms with Crippen LogP contribution in [-0.4, -0.2) is 9.13 Å². The normalized spacial score (nSPS) is 11.4. The third-order valence-corrected chi connectivity index (χ3v) is 8.62. The maximum atomic E-state index is 3.56. The minimum atomic E-state index is 1.07.